The molecule has 0 saturated carbocycles. The van der Waals surface area contributed by atoms with Crippen molar-refractivity contribution < 1.29 is 0 Å². The quantitative estimate of drug-likeness (QED) is 0.604. The maximum atomic E-state index is 6.35. The number of pyridine rings is 1. The van der Waals surface area contributed by atoms with Crippen molar-refractivity contribution in [3.63, 3.8) is 0 Å². The predicted octanol–water partition coefficient (Wildman–Crippen LogP) is 5.07. The van der Waals surface area contributed by atoms with Crippen LogP contribution in [0.15, 0.2) is 47.1 Å². The smallest absolute Gasteiger partial charge is 0.141 e. The van der Waals surface area contributed by atoms with Crippen molar-refractivity contribution in [3.05, 3.63) is 57.2 Å². The van der Waals surface area contributed by atoms with E-state index in [0.717, 1.165) is 21.4 Å². The lowest BCUT2D eigenvalue weighted by Gasteiger charge is -1.98. The van der Waals surface area contributed by atoms with Gasteiger partial charge in [0.05, 0.1) is 0 Å². The molecule has 0 saturated heterocycles. The highest BCUT2D eigenvalue weighted by Crippen LogP contribution is 2.30. The van der Waals surface area contributed by atoms with Crippen LogP contribution in [0, 0.1) is 0 Å². The standard InChI is InChI=1S/C13H7BrCl2N2/c14-9-3-6-11-17-12(13(16)18(11)7-9)8-1-4-10(15)5-2-8/h1-7H. The highest BCUT2D eigenvalue weighted by Gasteiger charge is 2.12. The van der Waals surface area contributed by atoms with Gasteiger partial charge < -0.3 is 0 Å². The van der Waals surface area contributed by atoms with Gasteiger partial charge >= 0.3 is 0 Å². The van der Waals surface area contributed by atoms with Gasteiger partial charge in [0.25, 0.3) is 0 Å². The van der Waals surface area contributed by atoms with Crippen LogP contribution >= 0.6 is 39.1 Å². The van der Waals surface area contributed by atoms with Crippen LogP contribution in [-0.2, 0) is 0 Å². The summed E-state index contributed by atoms with van der Waals surface area (Å²) in [6, 6.07) is 11.3. The second kappa shape index (κ2) is 4.57. The third-order valence-corrected chi connectivity index (χ3v) is 3.72. The highest BCUT2D eigenvalue weighted by atomic mass is 79.9. The van der Waals surface area contributed by atoms with Crippen LogP contribution in [-0.4, -0.2) is 9.38 Å². The summed E-state index contributed by atoms with van der Waals surface area (Å²) < 4.78 is 2.80. The first-order valence-electron chi connectivity index (χ1n) is 5.24. The third kappa shape index (κ3) is 2.03. The molecule has 5 heteroatoms. The molecular weight excluding hydrogens is 335 g/mol. The van der Waals surface area contributed by atoms with Gasteiger partial charge in [-0.1, -0.05) is 35.3 Å². The first-order valence-corrected chi connectivity index (χ1v) is 6.79. The Hall–Kier alpha value is -1.03. The van der Waals surface area contributed by atoms with E-state index in [2.05, 4.69) is 20.9 Å². The van der Waals surface area contributed by atoms with Gasteiger partial charge in [-0.2, -0.15) is 0 Å². The van der Waals surface area contributed by atoms with Crippen molar-refractivity contribution in [2.24, 2.45) is 0 Å². The largest absolute Gasteiger partial charge is 0.289 e. The van der Waals surface area contributed by atoms with E-state index in [1.807, 2.05) is 47.0 Å². The topological polar surface area (TPSA) is 17.3 Å². The Morgan fingerprint density at radius 3 is 2.44 bits per heavy atom. The number of nitrogens with zero attached hydrogens (tertiary/aromatic N) is 2. The summed E-state index contributed by atoms with van der Waals surface area (Å²) in [7, 11) is 0. The second-order valence-electron chi connectivity index (χ2n) is 3.83. The van der Waals surface area contributed by atoms with E-state index in [0.29, 0.717) is 10.2 Å². The zero-order valence-electron chi connectivity index (χ0n) is 9.07. The van der Waals surface area contributed by atoms with E-state index in [9.17, 15) is 0 Å². The summed E-state index contributed by atoms with van der Waals surface area (Å²) in [5.74, 6) is 0. The van der Waals surface area contributed by atoms with Crippen LogP contribution in [0.4, 0.5) is 0 Å². The van der Waals surface area contributed by atoms with Gasteiger partial charge in [-0.05, 0) is 40.2 Å². The molecule has 0 bridgehead atoms. The monoisotopic (exact) mass is 340 g/mol. The predicted molar refractivity (Wildman–Crippen MR) is 78.3 cm³/mol. The Morgan fingerprint density at radius 1 is 1.00 bits per heavy atom. The molecule has 2 nitrogen and oxygen atoms in total. The van der Waals surface area contributed by atoms with Crippen LogP contribution in [0.2, 0.25) is 10.2 Å². The second-order valence-corrected chi connectivity index (χ2v) is 5.54. The molecule has 2 heterocycles. The summed E-state index contributed by atoms with van der Waals surface area (Å²) in [6.07, 6.45) is 1.89. The molecule has 3 aromatic rings. The molecule has 0 atom stereocenters. The van der Waals surface area contributed by atoms with Gasteiger partial charge in [-0.15, -0.1) is 0 Å². The molecule has 0 aliphatic heterocycles. The molecule has 1 aromatic carbocycles. The number of halogens is 3. The lowest BCUT2D eigenvalue weighted by atomic mass is 10.2. The molecule has 0 aliphatic carbocycles. The van der Waals surface area contributed by atoms with Gasteiger partial charge in [0.2, 0.25) is 0 Å². The minimum atomic E-state index is 0.591. The third-order valence-electron chi connectivity index (χ3n) is 2.64. The van der Waals surface area contributed by atoms with Gasteiger partial charge in [0.1, 0.15) is 16.5 Å². The zero-order valence-corrected chi connectivity index (χ0v) is 12.2. The zero-order chi connectivity index (χ0) is 12.7. The molecule has 0 spiro atoms. The van der Waals surface area contributed by atoms with Crippen LogP contribution in [0.5, 0.6) is 0 Å². The number of fused-ring (bicyclic) bond motifs is 1. The number of benzene rings is 1. The van der Waals surface area contributed by atoms with Crippen molar-refractivity contribution in [2.75, 3.05) is 0 Å². The van der Waals surface area contributed by atoms with E-state index in [-0.39, 0.29) is 0 Å². The van der Waals surface area contributed by atoms with Crippen LogP contribution in [0.1, 0.15) is 0 Å². The average Bonchev–Trinajstić information content (AvgIpc) is 2.68. The average molecular weight is 342 g/mol. The Labute approximate surface area is 122 Å². The van der Waals surface area contributed by atoms with E-state index in [1.54, 1.807) is 0 Å². The van der Waals surface area contributed by atoms with Gasteiger partial charge in [0.15, 0.2) is 0 Å². The van der Waals surface area contributed by atoms with Crippen molar-refractivity contribution in [3.8, 4) is 11.3 Å². The fourth-order valence-corrected chi connectivity index (χ4v) is 2.53. The molecule has 18 heavy (non-hydrogen) atoms. The molecule has 0 amide bonds. The van der Waals surface area contributed by atoms with Crippen molar-refractivity contribution in [2.45, 2.75) is 0 Å². The summed E-state index contributed by atoms with van der Waals surface area (Å²) in [5, 5.41) is 1.29. The molecule has 90 valence electrons. The van der Waals surface area contributed by atoms with Crippen molar-refractivity contribution in [1.29, 1.82) is 0 Å². The number of imidazole rings is 1. The van der Waals surface area contributed by atoms with Crippen LogP contribution in [0.3, 0.4) is 0 Å². The summed E-state index contributed by atoms with van der Waals surface area (Å²) in [6.45, 7) is 0. The molecular formula is C13H7BrCl2N2. The van der Waals surface area contributed by atoms with Crippen molar-refractivity contribution in [1.82, 2.24) is 9.38 Å². The fourth-order valence-electron chi connectivity index (χ4n) is 1.78. The molecule has 0 fully saturated rings. The molecule has 2 aromatic heterocycles. The summed E-state index contributed by atoms with van der Waals surface area (Å²) in [4.78, 5) is 4.52. The van der Waals surface area contributed by atoms with E-state index in [4.69, 9.17) is 23.2 Å². The Balaban J connectivity index is 2.23. The number of hydrogen-bond donors (Lipinski definition) is 0. The normalized spacial score (nSPS) is 11.1. The number of rotatable bonds is 1. The molecule has 0 aliphatic rings. The Morgan fingerprint density at radius 2 is 1.72 bits per heavy atom. The lowest BCUT2D eigenvalue weighted by Crippen LogP contribution is -1.83. The molecule has 0 N–H and O–H groups in total. The Kier molecular flexibility index (Phi) is 3.06. The number of aromatic nitrogens is 2. The van der Waals surface area contributed by atoms with Crippen molar-refractivity contribution >= 4 is 44.8 Å². The van der Waals surface area contributed by atoms with Gasteiger partial charge in [0, 0.05) is 21.3 Å². The summed E-state index contributed by atoms with van der Waals surface area (Å²) >= 11 is 15.6. The maximum Gasteiger partial charge on any atom is 0.141 e. The first-order chi connectivity index (χ1) is 8.65. The first kappa shape index (κ1) is 12.0. The van der Waals surface area contributed by atoms with Crippen LogP contribution < -0.4 is 0 Å². The van der Waals surface area contributed by atoms with Gasteiger partial charge in [-0.3, -0.25) is 4.40 Å². The molecule has 3 rings (SSSR count). The minimum absolute atomic E-state index is 0.591. The summed E-state index contributed by atoms with van der Waals surface area (Å²) in [5.41, 5.74) is 2.52. The fraction of sp³-hybridized carbons (Fsp3) is 0. The highest BCUT2D eigenvalue weighted by molar-refractivity contribution is 9.10. The van der Waals surface area contributed by atoms with E-state index < -0.39 is 0 Å². The lowest BCUT2D eigenvalue weighted by molar-refractivity contribution is 1.17. The Bertz CT molecular complexity index is 720. The number of hydrogen-bond acceptors (Lipinski definition) is 1. The van der Waals surface area contributed by atoms with E-state index >= 15 is 0 Å². The molecule has 0 radical (unpaired) electrons. The minimum Gasteiger partial charge on any atom is -0.289 e. The van der Waals surface area contributed by atoms with E-state index in [1.165, 1.54) is 0 Å². The molecule has 0 unspecified atom stereocenters. The van der Waals surface area contributed by atoms with Gasteiger partial charge in [-0.25, -0.2) is 4.98 Å². The SMILES string of the molecule is Clc1ccc(-c2nc3ccc(Br)cn3c2Cl)cc1. The maximum absolute atomic E-state index is 6.35. The van der Waals surface area contributed by atoms with Crippen LogP contribution in [0.25, 0.3) is 16.9 Å².